The van der Waals surface area contributed by atoms with E-state index in [1.165, 1.54) is 23.9 Å². The van der Waals surface area contributed by atoms with Gasteiger partial charge in [0.25, 0.3) is 15.9 Å². The molecule has 3 rings (SSSR count). The molecule has 0 aliphatic carbocycles. The number of sulfonamides is 1. The number of likely N-dealkylation sites (tertiary alicyclic amines) is 1. The molecule has 1 heterocycles. The van der Waals surface area contributed by atoms with E-state index in [4.69, 9.17) is 0 Å². The van der Waals surface area contributed by atoms with E-state index in [0.29, 0.717) is 23.5 Å². The molecule has 0 bridgehead atoms. The molecule has 2 aromatic rings. The molecular weight excluding hydrogens is 465 g/mol. The average molecular weight is 489 g/mol. The number of carbonyl (C=O) groups excluding carboxylic acids is 1. The zero-order valence-electron chi connectivity index (χ0n) is 17.3. The average Bonchev–Trinajstić information content (AvgIpc) is 3.02. The maximum absolute atomic E-state index is 13.1. The molecule has 1 N–H and O–H groups in total. The highest BCUT2D eigenvalue weighted by atomic mass is 32.2. The number of hydrogen-bond acceptors (Lipinski definition) is 5. The number of rotatable bonds is 6. The largest absolute Gasteiger partial charge is 0.573 e. The lowest BCUT2D eigenvalue weighted by Gasteiger charge is -2.22. The number of amides is 1. The highest BCUT2D eigenvalue weighted by Gasteiger charge is 2.31. The van der Waals surface area contributed by atoms with Crippen molar-refractivity contribution < 1.29 is 31.1 Å². The monoisotopic (exact) mass is 488 g/mol. The third kappa shape index (κ3) is 6.32. The number of thioether (sulfide) groups is 1. The minimum absolute atomic E-state index is 0.0638. The van der Waals surface area contributed by atoms with E-state index in [9.17, 15) is 26.4 Å². The summed E-state index contributed by atoms with van der Waals surface area (Å²) in [4.78, 5) is 15.4. The standard InChI is InChI=1S/C21H23F3N2O4S2/c1-31-19-11-10-17(14-18(19)20(27)26-12-4-2-3-5-13-26)32(28,29)25-15-6-8-16(9-7-15)30-21(22,23)24/h6-11,14,25H,2-5,12-13H2,1H3. The number of hydrogen-bond donors (Lipinski definition) is 1. The van der Waals surface area contributed by atoms with E-state index in [1.54, 1.807) is 11.0 Å². The highest BCUT2D eigenvalue weighted by Crippen LogP contribution is 2.28. The Hall–Kier alpha value is -2.40. The van der Waals surface area contributed by atoms with Gasteiger partial charge in [-0.15, -0.1) is 24.9 Å². The molecule has 1 saturated heterocycles. The summed E-state index contributed by atoms with van der Waals surface area (Å²) < 4.78 is 68.7. The van der Waals surface area contributed by atoms with Crippen LogP contribution in [0.5, 0.6) is 5.75 Å². The Bertz CT molecular complexity index is 1050. The molecule has 1 aliphatic heterocycles. The van der Waals surface area contributed by atoms with Crippen molar-refractivity contribution in [3.63, 3.8) is 0 Å². The Morgan fingerprint density at radius 1 is 1.03 bits per heavy atom. The van der Waals surface area contributed by atoms with Crippen molar-refractivity contribution >= 4 is 33.4 Å². The van der Waals surface area contributed by atoms with Gasteiger partial charge in [0.1, 0.15) is 5.75 Å². The molecule has 0 atom stereocenters. The van der Waals surface area contributed by atoms with E-state index in [2.05, 4.69) is 9.46 Å². The smallest absolute Gasteiger partial charge is 0.406 e. The van der Waals surface area contributed by atoms with Crippen LogP contribution in [0.25, 0.3) is 0 Å². The Morgan fingerprint density at radius 2 is 1.66 bits per heavy atom. The molecular formula is C21H23F3N2O4S2. The van der Waals surface area contributed by atoms with E-state index in [0.717, 1.165) is 49.9 Å². The number of alkyl halides is 3. The van der Waals surface area contributed by atoms with Crippen LogP contribution >= 0.6 is 11.8 Å². The van der Waals surface area contributed by atoms with Crippen molar-refractivity contribution in [2.75, 3.05) is 24.1 Å². The summed E-state index contributed by atoms with van der Waals surface area (Å²) in [6, 6.07) is 8.69. The van der Waals surface area contributed by atoms with Gasteiger partial charge < -0.3 is 9.64 Å². The summed E-state index contributed by atoms with van der Waals surface area (Å²) >= 11 is 1.35. The quantitative estimate of drug-likeness (QED) is 0.571. The second-order valence-electron chi connectivity index (χ2n) is 7.25. The van der Waals surface area contributed by atoms with Crippen molar-refractivity contribution in [1.82, 2.24) is 4.90 Å². The van der Waals surface area contributed by atoms with Gasteiger partial charge in [0.2, 0.25) is 0 Å². The van der Waals surface area contributed by atoms with Gasteiger partial charge in [0.05, 0.1) is 10.5 Å². The molecule has 0 saturated carbocycles. The van der Waals surface area contributed by atoms with Crippen molar-refractivity contribution in [3.05, 3.63) is 48.0 Å². The van der Waals surface area contributed by atoms with Gasteiger partial charge in [-0.3, -0.25) is 9.52 Å². The van der Waals surface area contributed by atoms with Crippen LogP contribution in [0.1, 0.15) is 36.0 Å². The van der Waals surface area contributed by atoms with Gasteiger partial charge in [0, 0.05) is 23.7 Å². The fourth-order valence-corrected chi connectivity index (χ4v) is 5.06. The molecule has 1 aliphatic rings. The Kier molecular flexibility index (Phi) is 7.60. The number of anilines is 1. The van der Waals surface area contributed by atoms with Gasteiger partial charge in [-0.25, -0.2) is 8.42 Å². The first-order valence-corrected chi connectivity index (χ1v) is 12.7. The van der Waals surface area contributed by atoms with Gasteiger partial charge in [0.15, 0.2) is 0 Å². The minimum Gasteiger partial charge on any atom is -0.406 e. The second kappa shape index (κ2) is 10.0. The first-order valence-electron chi connectivity index (χ1n) is 9.95. The summed E-state index contributed by atoms with van der Waals surface area (Å²) in [5.41, 5.74) is 0.380. The highest BCUT2D eigenvalue weighted by molar-refractivity contribution is 7.98. The number of carbonyl (C=O) groups is 1. The van der Waals surface area contributed by atoms with Gasteiger partial charge in [-0.1, -0.05) is 12.8 Å². The zero-order chi connectivity index (χ0) is 23.4. The van der Waals surface area contributed by atoms with E-state index in [1.807, 2.05) is 6.26 Å². The van der Waals surface area contributed by atoms with Crippen molar-refractivity contribution in [2.24, 2.45) is 0 Å². The lowest BCUT2D eigenvalue weighted by atomic mass is 10.2. The van der Waals surface area contributed by atoms with Crippen molar-refractivity contribution in [3.8, 4) is 5.75 Å². The van der Waals surface area contributed by atoms with Crippen LogP contribution in [0.3, 0.4) is 0 Å². The number of nitrogens with zero attached hydrogens (tertiary/aromatic N) is 1. The Morgan fingerprint density at radius 3 is 2.22 bits per heavy atom. The van der Waals surface area contributed by atoms with E-state index >= 15 is 0 Å². The van der Waals surface area contributed by atoms with Gasteiger partial charge in [-0.2, -0.15) is 0 Å². The van der Waals surface area contributed by atoms with Crippen LogP contribution in [0.15, 0.2) is 52.3 Å². The minimum atomic E-state index is -4.84. The van der Waals surface area contributed by atoms with Crippen molar-refractivity contribution in [2.45, 2.75) is 41.8 Å². The van der Waals surface area contributed by atoms with Gasteiger partial charge in [-0.05, 0) is 61.6 Å². The lowest BCUT2D eigenvalue weighted by Crippen LogP contribution is -2.32. The number of halogens is 3. The number of benzene rings is 2. The molecule has 0 unspecified atom stereocenters. The lowest BCUT2D eigenvalue weighted by molar-refractivity contribution is -0.274. The molecule has 0 radical (unpaired) electrons. The maximum atomic E-state index is 13.1. The summed E-state index contributed by atoms with van der Waals surface area (Å²) in [5.74, 6) is -0.669. The zero-order valence-corrected chi connectivity index (χ0v) is 18.9. The predicted octanol–water partition coefficient (Wildman–Crippen LogP) is 5.12. The molecule has 2 aromatic carbocycles. The van der Waals surface area contributed by atoms with Crippen molar-refractivity contribution in [1.29, 1.82) is 0 Å². The van der Waals surface area contributed by atoms with E-state index < -0.39 is 22.1 Å². The molecule has 11 heteroatoms. The first-order chi connectivity index (χ1) is 15.1. The Balaban J connectivity index is 1.83. The summed E-state index contributed by atoms with van der Waals surface area (Å²) in [6.45, 7) is 1.27. The molecule has 6 nitrogen and oxygen atoms in total. The molecule has 0 spiro atoms. The van der Waals surface area contributed by atoms with Crippen LogP contribution < -0.4 is 9.46 Å². The third-order valence-corrected chi connectivity index (χ3v) is 7.12. The number of ether oxygens (including phenoxy) is 1. The molecule has 0 aromatic heterocycles. The SMILES string of the molecule is CSc1ccc(S(=O)(=O)Nc2ccc(OC(F)(F)F)cc2)cc1C(=O)N1CCCCCC1. The second-order valence-corrected chi connectivity index (χ2v) is 9.78. The van der Waals surface area contributed by atoms with Crippen LogP contribution in [-0.4, -0.2) is 44.9 Å². The van der Waals surface area contributed by atoms with E-state index in [-0.39, 0.29) is 16.5 Å². The summed E-state index contributed by atoms with van der Waals surface area (Å²) in [7, 11) is -4.07. The molecule has 1 fully saturated rings. The summed E-state index contributed by atoms with van der Waals surface area (Å²) in [6.07, 6.45) is 0.915. The Labute approximate surface area is 189 Å². The van der Waals surface area contributed by atoms with Crippen LogP contribution in [-0.2, 0) is 10.0 Å². The fourth-order valence-electron chi connectivity index (χ4n) is 3.40. The molecule has 1 amide bonds. The van der Waals surface area contributed by atoms with Crippen LogP contribution in [0.4, 0.5) is 18.9 Å². The molecule has 174 valence electrons. The first kappa shape index (κ1) is 24.2. The normalized spacial score (nSPS) is 15.2. The van der Waals surface area contributed by atoms with Gasteiger partial charge >= 0.3 is 6.36 Å². The predicted molar refractivity (Wildman–Crippen MR) is 117 cm³/mol. The number of nitrogens with one attached hydrogen (secondary N) is 1. The van der Waals surface area contributed by atoms with Crippen LogP contribution in [0, 0.1) is 0 Å². The van der Waals surface area contributed by atoms with Crippen LogP contribution in [0.2, 0.25) is 0 Å². The third-order valence-electron chi connectivity index (χ3n) is 4.95. The maximum Gasteiger partial charge on any atom is 0.573 e. The topological polar surface area (TPSA) is 75.7 Å². The summed E-state index contributed by atoms with van der Waals surface area (Å²) in [5, 5.41) is 0. The fraction of sp³-hybridized carbons (Fsp3) is 0.381. The molecule has 32 heavy (non-hydrogen) atoms.